The van der Waals surface area contributed by atoms with Gasteiger partial charge in [-0.1, -0.05) is 71.5 Å². The van der Waals surface area contributed by atoms with Crippen molar-refractivity contribution in [2.45, 2.75) is 19.4 Å². The summed E-state index contributed by atoms with van der Waals surface area (Å²) in [6, 6.07) is 23.4. The molecule has 3 aromatic carbocycles. The van der Waals surface area contributed by atoms with Gasteiger partial charge in [-0.3, -0.25) is 14.9 Å². The Hall–Kier alpha value is -4.04. The Morgan fingerprint density at radius 1 is 0.971 bits per heavy atom. The van der Waals surface area contributed by atoms with Gasteiger partial charge in [0.2, 0.25) is 11.0 Å². The summed E-state index contributed by atoms with van der Waals surface area (Å²) in [7, 11) is 1.60. The molecule has 4 rings (SSSR count). The summed E-state index contributed by atoms with van der Waals surface area (Å²) in [6.45, 7) is 1.95. The molecule has 4 aromatic rings. The molecule has 0 fully saturated rings. The molecule has 172 valence electrons. The molecule has 0 bridgehead atoms. The van der Waals surface area contributed by atoms with Crippen LogP contribution >= 0.6 is 11.3 Å². The van der Waals surface area contributed by atoms with Crippen LogP contribution in [0.1, 0.15) is 21.5 Å². The lowest BCUT2D eigenvalue weighted by atomic mass is 10.0. The van der Waals surface area contributed by atoms with E-state index in [0.717, 1.165) is 16.7 Å². The van der Waals surface area contributed by atoms with Gasteiger partial charge in [-0.15, -0.1) is 10.2 Å². The third-order valence-electron chi connectivity index (χ3n) is 5.19. The minimum absolute atomic E-state index is 0.314. The van der Waals surface area contributed by atoms with Gasteiger partial charge in [0.25, 0.3) is 5.91 Å². The molecule has 2 N–H and O–H groups in total. The average molecular weight is 473 g/mol. The summed E-state index contributed by atoms with van der Waals surface area (Å²) in [4.78, 5) is 26.0. The number of aromatic nitrogens is 2. The van der Waals surface area contributed by atoms with Gasteiger partial charge < -0.3 is 10.1 Å². The number of methoxy groups -OCH3 is 1. The number of ether oxygens (including phenoxy) is 1. The summed E-state index contributed by atoms with van der Waals surface area (Å²) < 4.78 is 5.26. The highest BCUT2D eigenvalue weighted by Gasteiger charge is 2.23. The van der Waals surface area contributed by atoms with E-state index in [4.69, 9.17) is 4.74 Å². The second-order valence-corrected chi connectivity index (χ2v) is 8.69. The lowest BCUT2D eigenvalue weighted by Crippen LogP contribution is -2.45. The van der Waals surface area contributed by atoms with Gasteiger partial charge in [0.05, 0.1) is 7.11 Å². The predicted octanol–water partition coefficient (Wildman–Crippen LogP) is 4.50. The minimum Gasteiger partial charge on any atom is -0.497 e. The number of hydrogen-bond acceptors (Lipinski definition) is 6. The highest BCUT2D eigenvalue weighted by molar-refractivity contribution is 7.18. The monoisotopic (exact) mass is 472 g/mol. The Morgan fingerprint density at radius 3 is 2.47 bits per heavy atom. The molecule has 1 aromatic heterocycles. The van der Waals surface area contributed by atoms with Crippen molar-refractivity contribution in [3.8, 4) is 16.3 Å². The van der Waals surface area contributed by atoms with Crippen LogP contribution in [0.25, 0.3) is 10.6 Å². The van der Waals surface area contributed by atoms with E-state index in [-0.39, 0.29) is 11.8 Å². The molecule has 0 saturated heterocycles. The maximum atomic E-state index is 13.2. The maximum absolute atomic E-state index is 13.2. The number of nitrogens with zero attached hydrogens (tertiary/aromatic N) is 2. The van der Waals surface area contributed by atoms with Gasteiger partial charge in [0, 0.05) is 17.5 Å². The summed E-state index contributed by atoms with van der Waals surface area (Å²) in [5.74, 6) is 0.0306. The van der Waals surface area contributed by atoms with Crippen LogP contribution in [0, 0.1) is 6.92 Å². The first-order valence-corrected chi connectivity index (χ1v) is 11.5. The SMILES string of the molecule is COc1cccc(-c2nnc(NC(=O)C(Cc3ccccc3)NC(=O)c3ccc(C)cc3)s2)c1. The van der Waals surface area contributed by atoms with Crippen molar-refractivity contribution in [2.24, 2.45) is 0 Å². The van der Waals surface area contributed by atoms with Gasteiger partial charge in [-0.2, -0.15) is 0 Å². The van der Waals surface area contributed by atoms with Crippen LogP contribution in [-0.4, -0.2) is 35.2 Å². The van der Waals surface area contributed by atoms with Crippen LogP contribution in [0.15, 0.2) is 78.9 Å². The number of carbonyl (C=O) groups is 2. The molecule has 2 amide bonds. The number of amides is 2. The largest absolute Gasteiger partial charge is 0.497 e. The molecule has 1 unspecified atom stereocenters. The Labute approximate surface area is 201 Å². The first-order valence-electron chi connectivity index (χ1n) is 10.7. The summed E-state index contributed by atoms with van der Waals surface area (Å²) in [5, 5.41) is 15.0. The fourth-order valence-corrected chi connectivity index (χ4v) is 4.09. The number of aryl methyl sites for hydroxylation is 1. The van der Waals surface area contributed by atoms with Crippen LogP contribution in [0.2, 0.25) is 0 Å². The summed E-state index contributed by atoms with van der Waals surface area (Å²) >= 11 is 1.25. The molecular weight excluding hydrogens is 448 g/mol. The summed E-state index contributed by atoms with van der Waals surface area (Å²) in [6.07, 6.45) is 0.339. The number of anilines is 1. The standard InChI is InChI=1S/C26H24N4O3S/c1-17-11-13-19(14-12-17)23(31)27-22(15-18-7-4-3-5-8-18)24(32)28-26-30-29-25(34-26)20-9-6-10-21(16-20)33-2/h3-14,16,22H,15H2,1-2H3,(H,27,31)(H,28,30,32). The second kappa shape index (κ2) is 10.7. The predicted molar refractivity (Wildman–Crippen MR) is 133 cm³/mol. The van der Waals surface area contributed by atoms with Crippen molar-refractivity contribution >= 4 is 28.3 Å². The van der Waals surface area contributed by atoms with Gasteiger partial charge in [-0.25, -0.2) is 0 Å². The van der Waals surface area contributed by atoms with E-state index in [9.17, 15) is 9.59 Å². The van der Waals surface area contributed by atoms with Crippen molar-refractivity contribution in [1.82, 2.24) is 15.5 Å². The molecule has 0 aliphatic rings. The molecule has 1 heterocycles. The number of benzene rings is 3. The molecule has 7 nitrogen and oxygen atoms in total. The molecule has 0 radical (unpaired) electrons. The summed E-state index contributed by atoms with van der Waals surface area (Å²) in [5.41, 5.74) is 3.32. The first kappa shape index (κ1) is 23.1. The van der Waals surface area contributed by atoms with Crippen molar-refractivity contribution in [1.29, 1.82) is 0 Å². The average Bonchev–Trinajstić information content (AvgIpc) is 3.33. The third-order valence-corrected chi connectivity index (χ3v) is 6.08. The van der Waals surface area contributed by atoms with Crippen molar-refractivity contribution < 1.29 is 14.3 Å². The fourth-order valence-electron chi connectivity index (χ4n) is 3.34. The highest BCUT2D eigenvalue weighted by atomic mass is 32.1. The van der Waals surface area contributed by atoms with E-state index in [1.807, 2.05) is 73.7 Å². The molecule has 0 aliphatic carbocycles. The lowest BCUT2D eigenvalue weighted by molar-refractivity contribution is -0.118. The Kier molecular flexibility index (Phi) is 7.29. The topological polar surface area (TPSA) is 93.2 Å². The molecule has 8 heteroatoms. The van der Waals surface area contributed by atoms with Gasteiger partial charge in [0.1, 0.15) is 16.8 Å². The smallest absolute Gasteiger partial charge is 0.251 e. The van der Waals surface area contributed by atoms with Gasteiger partial charge >= 0.3 is 0 Å². The lowest BCUT2D eigenvalue weighted by Gasteiger charge is -2.18. The van der Waals surface area contributed by atoms with E-state index >= 15 is 0 Å². The van der Waals surface area contributed by atoms with E-state index in [0.29, 0.717) is 27.9 Å². The zero-order valence-corrected chi connectivity index (χ0v) is 19.6. The van der Waals surface area contributed by atoms with Crippen LogP contribution in [0.3, 0.4) is 0 Å². The Morgan fingerprint density at radius 2 is 1.74 bits per heavy atom. The van der Waals surface area contributed by atoms with Crippen LogP contribution in [0.5, 0.6) is 5.75 Å². The third kappa shape index (κ3) is 5.85. The van der Waals surface area contributed by atoms with E-state index in [1.165, 1.54) is 11.3 Å². The van der Waals surface area contributed by atoms with Crippen LogP contribution in [-0.2, 0) is 11.2 Å². The Balaban J connectivity index is 1.51. The minimum atomic E-state index is -0.791. The molecule has 0 spiro atoms. The first-order chi connectivity index (χ1) is 16.5. The number of hydrogen-bond donors (Lipinski definition) is 2. The molecule has 34 heavy (non-hydrogen) atoms. The maximum Gasteiger partial charge on any atom is 0.251 e. The number of carbonyl (C=O) groups excluding carboxylic acids is 2. The normalized spacial score (nSPS) is 11.5. The van der Waals surface area contributed by atoms with Crippen molar-refractivity contribution in [3.63, 3.8) is 0 Å². The molecule has 0 saturated carbocycles. The molecule has 0 aliphatic heterocycles. The van der Waals surface area contributed by atoms with Crippen molar-refractivity contribution in [3.05, 3.63) is 95.6 Å². The number of nitrogens with one attached hydrogen (secondary N) is 2. The molecular formula is C26H24N4O3S. The fraction of sp³-hybridized carbons (Fsp3) is 0.154. The Bertz CT molecular complexity index is 1270. The zero-order valence-electron chi connectivity index (χ0n) is 18.8. The van der Waals surface area contributed by atoms with E-state index in [2.05, 4.69) is 20.8 Å². The molecule has 1 atom stereocenters. The second-order valence-electron chi connectivity index (χ2n) is 7.72. The van der Waals surface area contributed by atoms with E-state index in [1.54, 1.807) is 19.2 Å². The van der Waals surface area contributed by atoms with Crippen molar-refractivity contribution in [2.75, 3.05) is 12.4 Å². The van der Waals surface area contributed by atoms with Crippen LogP contribution < -0.4 is 15.4 Å². The quantitative estimate of drug-likeness (QED) is 0.394. The van der Waals surface area contributed by atoms with Crippen LogP contribution in [0.4, 0.5) is 5.13 Å². The van der Waals surface area contributed by atoms with E-state index < -0.39 is 6.04 Å². The zero-order chi connectivity index (χ0) is 23.9. The number of rotatable bonds is 8. The highest BCUT2D eigenvalue weighted by Crippen LogP contribution is 2.28. The van der Waals surface area contributed by atoms with Gasteiger partial charge in [-0.05, 0) is 36.8 Å². The van der Waals surface area contributed by atoms with Gasteiger partial charge in [0.15, 0.2) is 0 Å².